The van der Waals surface area contributed by atoms with Gasteiger partial charge in [0.15, 0.2) is 0 Å². The van der Waals surface area contributed by atoms with Gasteiger partial charge in [-0.1, -0.05) is 28.1 Å². The fourth-order valence-corrected chi connectivity index (χ4v) is 1.50. The average molecular weight is 252 g/mol. The predicted octanol–water partition coefficient (Wildman–Crippen LogP) is 2.30. The number of hydrogen-bond donors (Lipinski definition) is 2. The molecule has 3 N–H and O–H groups in total. The van der Waals surface area contributed by atoms with Crippen molar-refractivity contribution < 1.29 is 0 Å². The number of benzene rings is 1. The second kappa shape index (κ2) is 3.94. The Morgan fingerprint density at radius 3 is 2.57 bits per heavy atom. The summed E-state index contributed by atoms with van der Waals surface area (Å²) >= 11 is 3.39. The van der Waals surface area contributed by atoms with E-state index >= 15 is 0 Å². The first-order valence-corrected chi connectivity index (χ1v) is 5.09. The minimum atomic E-state index is 0.490. The molecule has 0 fully saturated rings. The van der Waals surface area contributed by atoms with Crippen LogP contribution in [0.1, 0.15) is 5.69 Å². The molecule has 0 unspecified atom stereocenters. The lowest BCUT2D eigenvalue weighted by Crippen LogP contribution is -1.95. The minimum Gasteiger partial charge on any atom is -0.325 e. The molecule has 0 atom stereocenters. The molecule has 0 amide bonds. The quantitative estimate of drug-likeness (QED) is 0.861. The third kappa shape index (κ3) is 1.86. The molecule has 0 aliphatic rings. The molecule has 0 saturated heterocycles. The lowest BCUT2D eigenvalue weighted by Gasteiger charge is -1.95. The zero-order valence-electron chi connectivity index (χ0n) is 7.50. The van der Waals surface area contributed by atoms with Crippen LogP contribution in [0.4, 0.5) is 0 Å². The summed E-state index contributed by atoms with van der Waals surface area (Å²) in [6, 6.07) is 9.97. The van der Waals surface area contributed by atoms with E-state index in [1.165, 1.54) is 0 Å². The first kappa shape index (κ1) is 9.43. The molecule has 2 aromatic rings. The Kier molecular flexibility index (Phi) is 2.65. The molecule has 0 aliphatic carbocycles. The van der Waals surface area contributed by atoms with Crippen LogP contribution in [0.15, 0.2) is 34.8 Å². The topological polar surface area (TPSA) is 54.7 Å². The zero-order valence-corrected chi connectivity index (χ0v) is 9.08. The highest BCUT2D eigenvalue weighted by Gasteiger charge is 2.01. The van der Waals surface area contributed by atoms with Crippen LogP contribution in [0.2, 0.25) is 0 Å². The van der Waals surface area contributed by atoms with E-state index in [1.807, 2.05) is 30.3 Å². The van der Waals surface area contributed by atoms with Crippen molar-refractivity contribution in [2.75, 3.05) is 0 Å². The van der Waals surface area contributed by atoms with Crippen LogP contribution < -0.4 is 5.73 Å². The van der Waals surface area contributed by atoms with Crippen molar-refractivity contribution in [3.05, 3.63) is 40.5 Å². The third-order valence-corrected chi connectivity index (χ3v) is 2.52. The number of rotatable bonds is 2. The van der Waals surface area contributed by atoms with E-state index < -0.39 is 0 Å². The lowest BCUT2D eigenvalue weighted by molar-refractivity contribution is 0.948. The van der Waals surface area contributed by atoms with Gasteiger partial charge in [0.25, 0.3) is 0 Å². The fourth-order valence-electron chi connectivity index (χ4n) is 1.23. The van der Waals surface area contributed by atoms with E-state index in [0.717, 1.165) is 21.4 Å². The number of H-pyrrole nitrogens is 1. The van der Waals surface area contributed by atoms with Crippen molar-refractivity contribution in [3.8, 4) is 11.3 Å². The van der Waals surface area contributed by atoms with E-state index in [2.05, 4.69) is 26.1 Å². The van der Waals surface area contributed by atoms with Gasteiger partial charge in [-0.15, -0.1) is 0 Å². The first-order chi connectivity index (χ1) is 6.79. The highest BCUT2D eigenvalue weighted by atomic mass is 79.9. The van der Waals surface area contributed by atoms with E-state index in [4.69, 9.17) is 5.73 Å². The lowest BCUT2D eigenvalue weighted by atomic mass is 10.1. The Hall–Kier alpha value is -1.13. The normalized spacial score (nSPS) is 10.4. The molecule has 14 heavy (non-hydrogen) atoms. The maximum Gasteiger partial charge on any atom is 0.0924 e. The molecule has 0 spiro atoms. The van der Waals surface area contributed by atoms with Crippen molar-refractivity contribution in [3.63, 3.8) is 0 Å². The van der Waals surface area contributed by atoms with Crippen molar-refractivity contribution in [1.82, 2.24) is 10.2 Å². The molecule has 1 aromatic carbocycles. The van der Waals surface area contributed by atoms with Gasteiger partial charge in [-0.25, -0.2) is 0 Å². The Morgan fingerprint density at radius 2 is 2.00 bits per heavy atom. The fraction of sp³-hybridized carbons (Fsp3) is 0.100. The Bertz CT molecular complexity index is 419. The molecule has 0 saturated carbocycles. The van der Waals surface area contributed by atoms with Crippen molar-refractivity contribution in [2.24, 2.45) is 5.73 Å². The SMILES string of the molecule is NCc1cc(-c2ccc(Br)cc2)n[nH]1. The highest BCUT2D eigenvalue weighted by Crippen LogP contribution is 2.20. The zero-order chi connectivity index (χ0) is 9.97. The molecule has 2 rings (SSSR count). The van der Waals surface area contributed by atoms with E-state index in [1.54, 1.807) is 0 Å². The summed E-state index contributed by atoms with van der Waals surface area (Å²) in [7, 11) is 0. The first-order valence-electron chi connectivity index (χ1n) is 4.30. The van der Waals surface area contributed by atoms with Gasteiger partial charge in [0.05, 0.1) is 5.69 Å². The minimum absolute atomic E-state index is 0.490. The number of hydrogen-bond acceptors (Lipinski definition) is 2. The number of aromatic amines is 1. The van der Waals surface area contributed by atoms with Gasteiger partial charge < -0.3 is 5.73 Å². The van der Waals surface area contributed by atoms with Gasteiger partial charge >= 0.3 is 0 Å². The van der Waals surface area contributed by atoms with Gasteiger partial charge in [-0.3, -0.25) is 5.10 Å². The maximum absolute atomic E-state index is 5.49. The summed E-state index contributed by atoms with van der Waals surface area (Å²) in [5.74, 6) is 0. The molecule has 0 aliphatic heterocycles. The van der Waals surface area contributed by atoms with Gasteiger partial charge in [0.2, 0.25) is 0 Å². The van der Waals surface area contributed by atoms with Crippen molar-refractivity contribution >= 4 is 15.9 Å². The molecule has 1 aromatic heterocycles. The molecular formula is C10H10BrN3. The van der Waals surface area contributed by atoms with Crippen molar-refractivity contribution in [2.45, 2.75) is 6.54 Å². The summed E-state index contributed by atoms with van der Waals surface area (Å²) in [5.41, 5.74) is 8.45. The molecule has 3 nitrogen and oxygen atoms in total. The summed E-state index contributed by atoms with van der Waals surface area (Å²) in [4.78, 5) is 0. The smallest absolute Gasteiger partial charge is 0.0924 e. The van der Waals surface area contributed by atoms with E-state index in [-0.39, 0.29) is 0 Å². The molecule has 0 bridgehead atoms. The molecule has 1 heterocycles. The number of nitrogens with two attached hydrogens (primary N) is 1. The second-order valence-corrected chi connectivity index (χ2v) is 3.91. The van der Waals surface area contributed by atoms with Gasteiger partial charge in [0.1, 0.15) is 0 Å². The van der Waals surface area contributed by atoms with E-state index in [0.29, 0.717) is 6.54 Å². The third-order valence-electron chi connectivity index (χ3n) is 1.99. The van der Waals surface area contributed by atoms with Gasteiger partial charge in [0, 0.05) is 22.3 Å². The summed E-state index contributed by atoms with van der Waals surface area (Å²) in [5, 5.41) is 7.05. The molecular weight excluding hydrogens is 242 g/mol. The standard InChI is InChI=1S/C10H10BrN3/c11-8-3-1-7(2-4-8)10-5-9(6-12)13-14-10/h1-5H,6,12H2,(H,13,14). The van der Waals surface area contributed by atoms with Crippen LogP contribution >= 0.6 is 15.9 Å². The predicted molar refractivity (Wildman–Crippen MR) is 59.6 cm³/mol. The molecule has 72 valence electrons. The highest BCUT2D eigenvalue weighted by molar-refractivity contribution is 9.10. The van der Waals surface area contributed by atoms with Crippen LogP contribution in [0, 0.1) is 0 Å². The molecule has 4 heteroatoms. The largest absolute Gasteiger partial charge is 0.325 e. The Morgan fingerprint density at radius 1 is 1.29 bits per heavy atom. The van der Waals surface area contributed by atoms with Crippen LogP contribution in [0.3, 0.4) is 0 Å². The number of nitrogens with zero attached hydrogens (tertiary/aromatic N) is 1. The number of halogens is 1. The second-order valence-electron chi connectivity index (χ2n) is 2.99. The summed E-state index contributed by atoms with van der Waals surface area (Å²) in [6.45, 7) is 0.490. The number of aromatic nitrogens is 2. The van der Waals surface area contributed by atoms with E-state index in [9.17, 15) is 0 Å². The summed E-state index contributed by atoms with van der Waals surface area (Å²) < 4.78 is 1.07. The Labute approximate surface area is 90.5 Å². The summed E-state index contributed by atoms with van der Waals surface area (Å²) in [6.07, 6.45) is 0. The van der Waals surface area contributed by atoms with Gasteiger partial charge in [-0.05, 0) is 18.2 Å². The monoisotopic (exact) mass is 251 g/mol. The van der Waals surface area contributed by atoms with Crippen LogP contribution in [0.25, 0.3) is 11.3 Å². The van der Waals surface area contributed by atoms with Crippen molar-refractivity contribution in [1.29, 1.82) is 0 Å². The average Bonchev–Trinajstić information content (AvgIpc) is 2.67. The maximum atomic E-state index is 5.49. The van der Waals surface area contributed by atoms with Crippen LogP contribution in [0.5, 0.6) is 0 Å². The number of nitrogens with one attached hydrogen (secondary N) is 1. The van der Waals surface area contributed by atoms with Crippen LogP contribution in [-0.2, 0) is 6.54 Å². The van der Waals surface area contributed by atoms with Crippen LogP contribution in [-0.4, -0.2) is 10.2 Å². The molecule has 0 radical (unpaired) electrons. The van der Waals surface area contributed by atoms with Gasteiger partial charge in [-0.2, -0.15) is 5.10 Å². The Balaban J connectivity index is 2.34.